The van der Waals surface area contributed by atoms with Gasteiger partial charge in [-0.25, -0.2) is 9.97 Å². The van der Waals surface area contributed by atoms with E-state index in [9.17, 15) is 0 Å². The van der Waals surface area contributed by atoms with Crippen LogP contribution in [0, 0.1) is 0 Å². The molecule has 134 valence electrons. The second-order valence-corrected chi connectivity index (χ2v) is 6.70. The van der Waals surface area contributed by atoms with Crippen LogP contribution in [-0.4, -0.2) is 9.97 Å². The molecule has 27 heavy (non-hydrogen) atoms. The number of aryl methyl sites for hydroxylation is 1. The van der Waals surface area contributed by atoms with Crippen molar-refractivity contribution in [3.05, 3.63) is 84.4 Å². The number of hydrogen-bond acceptors (Lipinski definition) is 3. The Morgan fingerprint density at radius 1 is 0.778 bits per heavy atom. The van der Waals surface area contributed by atoms with Gasteiger partial charge in [0.25, 0.3) is 0 Å². The Kier molecular flexibility index (Phi) is 5.10. The zero-order valence-corrected chi connectivity index (χ0v) is 15.5. The van der Waals surface area contributed by atoms with E-state index >= 15 is 0 Å². The van der Waals surface area contributed by atoms with Crippen LogP contribution in [0.3, 0.4) is 0 Å². The lowest BCUT2D eigenvalue weighted by Crippen LogP contribution is -1.99. The van der Waals surface area contributed by atoms with Gasteiger partial charge in [0.05, 0.1) is 5.52 Å². The minimum atomic E-state index is 0.733. The average Bonchev–Trinajstić information content (AvgIpc) is 2.74. The minimum Gasteiger partial charge on any atom is -0.340 e. The zero-order chi connectivity index (χ0) is 18.5. The van der Waals surface area contributed by atoms with Crippen molar-refractivity contribution in [3.63, 3.8) is 0 Å². The van der Waals surface area contributed by atoms with Crippen molar-refractivity contribution in [2.24, 2.45) is 0 Å². The maximum Gasteiger partial charge on any atom is 0.162 e. The predicted octanol–water partition coefficient (Wildman–Crippen LogP) is 6.38. The molecule has 1 heterocycles. The minimum absolute atomic E-state index is 0.733. The van der Waals surface area contributed by atoms with Crippen molar-refractivity contribution in [1.82, 2.24) is 9.97 Å². The summed E-state index contributed by atoms with van der Waals surface area (Å²) in [6, 6.07) is 26.9. The summed E-state index contributed by atoms with van der Waals surface area (Å²) in [5.74, 6) is 1.57. The first-order valence-electron chi connectivity index (χ1n) is 9.51. The highest BCUT2D eigenvalue weighted by atomic mass is 15.0. The summed E-state index contributed by atoms with van der Waals surface area (Å²) in [4.78, 5) is 9.56. The van der Waals surface area contributed by atoms with Crippen LogP contribution in [0.4, 0.5) is 11.5 Å². The van der Waals surface area contributed by atoms with E-state index in [1.165, 1.54) is 18.4 Å². The Hall–Kier alpha value is -3.20. The molecule has 0 spiro atoms. The second kappa shape index (κ2) is 8.00. The second-order valence-electron chi connectivity index (χ2n) is 6.70. The lowest BCUT2D eigenvalue weighted by molar-refractivity contribution is 0.795. The molecule has 3 aromatic carbocycles. The molecule has 0 fully saturated rings. The SMILES string of the molecule is CCCCc1ccc(Nc2nc(-c3ccccc3)nc3ccccc23)cc1. The Morgan fingerprint density at radius 3 is 2.30 bits per heavy atom. The van der Waals surface area contributed by atoms with Gasteiger partial charge in [0.2, 0.25) is 0 Å². The highest BCUT2D eigenvalue weighted by molar-refractivity contribution is 5.92. The van der Waals surface area contributed by atoms with E-state index in [2.05, 4.69) is 42.6 Å². The van der Waals surface area contributed by atoms with Crippen molar-refractivity contribution >= 4 is 22.4 Å². The largest absolute Gasteiger partial charge is 0.340 e. The normalized spacial score (nSPS) is 10.9. The molecule has 0 saturated carbocycles. The van der Waals surface area contributed by atoms with E-state index in [0.717, 1.165) is 40.2 Å². The van der Waals surface area contributed by atoms with Crippen molar-refractivity contribution < 1.29 is 0 Å². The molecule has 3 heteroatoms. The molecule has 0 amide bonds. The van der Waals surface area contributed by atoms with Crippen molar-refractivity contribution in [3.8, 4) is 11.4 Å². The fourth-order valence-electron chi connectivity index (χ4n) is 3.16. The molecule has 0 bridgehead atoms. The molecule has 1 aromatic heterocycles. The highest BCUT2D eigenvalue weighted by Gasteiger charge is 2.09. The molecular formula is C24H23N3. The van der Waals surface area contributed by atoms with Crippen molar-refractivity contribution in [2.75, 3.05) is 5.32 Å². The molecule has 1 N–H and O–H groups in total. The first kappa shape index (κ1) is 17.2. The Bertz CT molecular complexity index is 1020. The van der Waals surface area contributed by atoms with E-state index in [0.29, 0.717) is 0 Å². The summed E-state index contributed by atoms with van der Waals surface area (Å²) in [5, 5.41) is 4.51. The summed E-state index contributed by atoms with van der Waals surface area (Å²) in [7, 11) is 0. The molecule has 0 atom stereocenters. The van der Waals surface area contributed by atoms with Crippen molar-refractivity contribution in [2.45, 2.75) is 26.2 Å². The van der Waals surface area contributed by atoms with E-state index in [4.69, 9.17) is 9.97 Å². The lowest BCUT2D eigenvalue weighted by Gasteiger charge is -2.11. The van der Waals surface area contributed by atoms with Gasteiger partial charge in [-0.3, -0.25) is 0 Å². The fraction of sp³-hybridized carbons (Fsp3) is 0.167. The van der Waals surface area contributed by atoms with Gasteiger partial charge < -0.3 is 5.32 Å². The van der Waals surface area contributed by atoms with Crippen molar-refractivity contribution in [1.29, 1.82) is 0 Å². The van der Waals surface area contributed by atoms with Crippen LogP contribution in [0.2, 0.25) is 0 Å². The summed E-state index contributed by atoms with van der Waals surface area (Å²) in [6.07, 6.45) is 3.57. The van der Waals surface area contributed by atoms with Gasteiger partial charge in [0.1, 0.15) is 5.82 Å². The van der Waals surface area contributed by atoms with Gasteiger partial charge in [0.15, 0.2) is 5.82 Å². The number of aromatic nitrogens is 2. The summed E-state index contributed by atoms with van der Waals surface area (Å²) in [5.41, 5.74) is 4.37. The average molecular weight is 353 g/mol. The monoisotopic (exact) mass is 353 g/mol. The molecule has 4 aromatic rings. The predicted molar refractivity (Wildman–Crippen MR) is 113 cm³/mol. The van der Waals surface area contributed by atoms with Crippen LogP contribution in [0.1, 0.15) is 25.3 Å². The molecule has 0 unspecified atom stereocenters. The van der Waals surface area contributed by atoms with Crippen LogP contribution in [0.15, 0.2) is 78.9 Å². The molecule has 0 aliphatic carbocycles. The number of nitrogens with zero attached hydrogens (tertiary/aromatic N) is 2. The number of para-hydroxylation sites is 1. The summed E-state index contributed by atoms with van der Waals surface area (Å²) < 4.78 is 0. The van der Waals surface area contributed by atoms with Gasteiger partial charge in [-0.2, -0.15) is 0 Å². The molecule has 4 rings (SSSR count). The Balaban J connectivity index is 1.70. The van der Waals surface area contributed by atoms with E-state index < -0.39 is 0 Å². The van der Waals surface area contributed by atoms with Gasteiger partial charge in [-0.15, -0.1) is 0 Å². The van der Waals surface area contributed by atoms with Crippen LogP contribution < -0.4 is 5.32 Å². The molecule has 0 saturated heterocycles. The maximum atomic E-state index is 4.82. The maximum absolute atomic E-state index is 4.82. The Labute approximate surface area is 160 Å². The van der Waals surface area contributed by atoms with Crippen LogP contribution in [-0.2, 0) is 6.42 Å². The quantitative estimate of drug-likeness (QED) is 0.437. The number of rotatable bonds is 6. The first-order chi connectivity index (χ1) is 13.3. The number of fused-ring (bicyclic) bond motifs is 1. The number of unbranched alkanes of at least 4 members (excludes halogenated alkanes) is 1. The zero-order valence-electron chi connectivity index (χ0n) is 15.5. The van der Waals surface area contributed by atoms with Crippen LogP contribution in [0.25, 0.3) is 22.3 Å². The van der Waals surface area contributed by atoms with E-state index in [1.54, 1.807) is 0 Å². The molecule has 0 aliphatic rings. The summed E-state index contributed by atoms with van der Waals surface area (Å²) >= 11 is 0. The third-order valence-electron chi connectivity index (χ3n) is 4.67. The van der Waals surface area contributed by atoms with E-state index in [-0.39, 0.29) is 0 Å². The van der Waals surface area contributed by atoms with E-state index in [1.807, 2.05) is 48.5 Å². The highest BCUT2D eigenvalue weighted by Crippen LogP contribution is 2.27. The van der Waals surface area contributed by atoms with Gasteiger partial charge in [0, 0.05) is 16.6 Å². The third kappa shape index (κ3) is 3.98. The van der Waals surface area contributed by atoms with Gasteiger partial charge in [-0.05, 0) is 42.7 Å². The molecule has 0 radical (unpaired) electrons. The van der Waals surface area contributed by atoms with Gasteiger partial charge >= 0.3 is 0 Å². The van der Waals surface area contributed by atoms with Crippen LogP contribution >= 0.6 is 0 Å². The number of hydrogen-bond donors (Lipinski definition) is 1. The number of benzene rings is 3. The standard InChI is InChI=1S/C24H23N3/c1-2-3-9-18-14-16-20(17-15-18)25-24-21-12-7-8-13-22(21)26-23(27-24)19-10-5-4-6-11-19/h4-8,10-17H,2-3,9H2,1H3,(H,25,26,27). The van der Waals surface area contributed by atoms with Gasteiger partial charge in [-0.1, -0.05) is 67.9 Å². The molecular weight excluding hydrogens is 330 g/mol. The molecule has 3 nitrogen and oxygen atoms in total. The fourth-order valence-corrected chi connectivity index (χ4v) is 3.16. The molecule has 0 aliphatic heterocycles. The third-order valence-corrected chi connectivity index (χ3v) is 4.67. The summed E-state index contributed by atoms with van der Waals surface area (Å²) in [6.45, 7) is 2.22. The van der Waals surface area contributed by atoms with Crippen LogP contribution in [0.5, 0.6) is 0 Å². The smallest absolute Gasteiger partial charge is 0.162 e. The lowest BCUT2D eigenvalue weighted by atomic mass is 10.1. The Morgan fingerprint density at radius 2 is 1.52 bits per heavy atom. The number of nitrogens with one attached hydrogen (secondary N) is 1. The first-order valence-corrected chi connectivity index (χ1v) is 9.51. The number of anilines is 2. The topological polar surface area (TPSA) is 37.8 Å².